The van der Waals surface area contributed by atoms with Crippen LogP contribution in [0.25, 0.3) is 0 Å². The molecule has 1 aliphatic carbocycles. The normalized spacial score (nSPS) is 39.5. The number of aliphatic hydroxyl groups excluding tert-OH is 13. The molecule has 99 heavy (non-hydrogen) atoms. The molecule has 1 aromatic rings. The number of nitrogens with one attached hydrogen (secondary N) is 5. The van der Waals surface area contributed by atoms with Crippen molar-refractivity contribution in [3.8, 4) is 5.75 Å². The van der Waals surface area contributed by atoms with Crippen LogP contribution in [0.4, 0.5) is 0 Å². The van der Waals surface area contributed by atoms with Crippen molar-refractivity contribution in [1.29, 1.82) is 0 Å². The molecular formula is C64H105N5O30. The van der Waals surface area contributed by atoms with E-state index in [4.69, 9.17) is 56.8 Å². The number of benzene rings is 1. The fraction of sp³-hybridized carbons (Fsp3) is 0.828. The summed E-state index contributed by atoms with van der Waals surface area (Å²) >= 11 is 0. The Morgan fingerprint density at radius 2 is 0.929 bits per heavy atom. The maximum atomic E-state index is 14.0. The van der Waals surface area contributed by atoms with Gasteiger partial charge in [-0.3, -0.25) is 24.0 Å². The topological polar surface area (TPSA) is 519 Å². The molecule has 5 heterocycles. The number of methoxy groups -OCH3 is 1. The van der Waals surface area contributed by atoms with Crippen LogP contribution in [0.2, 0.25) is 0 Å². The second kappa shape index (κ2) is 38.8. The van der Waals surface area contributed by atoms with Gasteiger partial charge in [0.25, 0.3) is 5.91 Å². The number of rotatable bonds is 33. The highest BCUT2D eigenvalue weighted by molar-refractivity contribution is 5.94. The molecule has 0 radical (unpaired) electrons. The molecule has 0 bridgehead atoms. The van der Waals surface area contributed by atoms with Crippen LogP contribution in [0.1, 0.15) is 116 Å². The van der Waals surface area contributed by atoms with Crippen LogP contribution < -0.4 is 31.3 Å². The van der Waals surface area contributed by atoms with Crippen molar-refractivity contribution in [3.63, 3.8) is 0 Å². The van der Waals surface area contributed by atoms with Gasteiger partial charge in [0.15, 0.2) is 31.5 Å². The van der Waals surface area contributed by atoms with E-state index < -0.39 is 246 Å². The molecule has 6 fully saturated rings. The molecule has 30 atom stereocenters. The van der Waals surface area contributed by atoms with Crippen molar-refractivity contribution < 1.29 is 147 Å². The molecule has 35 heteroatoms. The van der Waals surface area contributed by atoms with Gasteiger partial charge in [0.2, 0.25) is 23.6 Å². The van der Waals surface area contributed by atoms with Gasteiger partial charge in [-0.15, -0.1) is 0 Å². The van der Waals surface area contributed by atoms with Crippen molar-refractivity contribution >= 4 is 29.5 Å². The van der Waals surface area contributed by atoms with Crippen molar-refractivity contribution in [2.45, 2.75) is 283 Å². The number of unbranched alkanes of at least 4 members (excludes halogenated alkanes) is 8. The number of carbonyl (C=O) groups is 5. The molecule has 7 rings (SSSR count). The van der Waals surface area contributed by atoms with Crippen LogP contribution in [0.15, 0.2) is 24.3 Å². The van der Waals surface area contributed by atoms with E-state index in [1.54, 1.807) is 12.1 Å². The van der Waals surface area contributed by atoms with Crippen LogP contribution in [-0.2, 0) is 71.3 Å². The maximum Gasteiger partial charge on any atom is 0.251 e. The van der Waals surface area contributed by atoms with Crippen LogP contribution in [-0.4, -0.2) is 320 Å². The fourth-order valence-corrected chi connectivity index (χ4v) is 13.5. The van der Waals surface area contributed by atoms with E-state index in [9.17, 15) is 90.4 Å². The first kappa shape index (κ1) is 81.7. The number of aliphatic hydroxyl groups is 13. The standard InChI is InChI=1S/C64H105N5O30/c1-8-9-10-11-12-13-14-15-16-20-89-35-19-17-18-33(21-35)59(86)69-41-36(22-34(23-70)47(79)48(41)80)92-54-37(24-71)94-61(43(50(54)82)66-30(4)75)97-55-38(25-72)95-62(44(51(55)83)67-31(5)76)98-56-39(26-73)96-63(45(52(56)84)68-32(6)77)99-57-40(93-60(87)42(49(57)81)65-29(3)74)27-90-64-58(88-7)53(85)46(78)28(2)91-64/h17-19,21,28,34,36-58,60-64,70-73,78-85,87H,8-16,20,22-27H2,1-7H3,(H,65,74)(H,66,75)(H,67,76)(H,68,77)(H,69,86)/t28?,34?,36?,37-,38?,39-,40?,41+,42-,43?,44-,45?,46?,47+,48+,49+,50?,51+,52?,53-,54+,55?,56+,57?,58+,60?,61?,62-,63?,64+/m0/s1. The van der Waals surface area contributed by atoms with Crippen LogP contribution in [0, 0.1) is 5.92 Å². The Kier molecular flexibility index (Phi) is 32.0. The lowest BCUT2D eigenvalue weighted by atomic mass is 9.79. The zero-order valence-electron chi connectivity index (χ0n) is 56.7. The SMILES string of the molecule is CCCCCCCCCCCOc1cccc(C(=O)N[C@@H]2C(O[C@H]3C(O)C(NC(C)=O)C(OC4C(CO)O[C@@H](O[C@H]5C(O)C(NC(C)=O)C(OC6C(CO[C@@H]7OC(C)C(O)[C@H](O)[C@H]7OC)OC(O)[C@@H](NC(C)=O)[C@H]6O)O[C@H]5CO)[C@@H](NC(C)=O)[C@H]4O)O[C@H]3CO)CC(CO)[C@@H](O)[C@@H]2O)c1. The first-order chi connectivity index (χ1) is 47.2. The molecule has 1 saturated carbocycles. The number of carbonyl (C=O) groups excluding carboxylic acids is 5. The minimum absolute atomic E-state index is 0.118. The number of ether oxygens (including phenoxy) is 12. The van der Waals surface area contributed by atoms with Gasteiger partial charge in [0.1, 0.15) is 128 Å². The van der Waals surface area contributed by atoms with Gasteiger partial charge in [-0.1, -0.05) is 64.4 Å². The molecule has 6 aliphatic rings. The molecule has 35 nitrogen and oxygen atoms in total. The molecule has 1 aromatic carbocycles. The average molecular weight is 1420 g/mol. The van der Waals surface area contributed by atoms with E-state index in [2.05, 4.69) is 33.5 Å². The second-order valence-electron chi connectivity index (χ2n) is 26.1. The van der Waals surface area contributed by atoms with E-state index in [1.807, 2.05) is 0 Å². The Balaban J connectivity index is 1.07. The third-order valence-electron chi connectivity index (χ3n) is 18.7. The Hall–Kier alpha value is -4.59. The second-order valence-corrected chi connectivity index (χ2v) is 26.1. The monoisotopic (exact) mass is 1420 g/mol. The minimum atomic E-state index is -2.04. The van der Waals surface area contributed by atoms with E-state index >= 15 is 0 Å². The molecule has 5 saturated heterocycles. The van der Waals surface area contributed by atoms with Crippen molar-refractivity contribution in [2.75, 3.05) is 46.8 Å². The summed E-state index contributed by atoms with van der Waals surface area (Å²) in [6, 6.07) is -1.93. The van der Waals surface area contributed by atoms with Gasteiger partial charge in [0, 0.05) is 52.9 Å². The zero-order valence-corrected chi connectivity index (χ0v) is 56.7. The first-order valence-corrected chi connectivity index (χ1v) is 33.9. The highest BCUT2D eigenvalue weighted by Gasteiger charge is 2.58. The quantitative estimate of drug-likeness (QED) is 0.0292. The molecule has 0 aromatic heterocycles. The van der Waals surface area contributed by atoms with E-state index in [-0.39, 0.29) is 12.0 Å². The van der Waals surface area contributed by atoms with Gasteiger partial charge in [0.05, 0.1) is 57.4 Å². The first-order valence-electron chi connectivity index (χ1n) is 33.9. The highest BCUT2D eigenvalue weighted by atomic mass is 16.8. The average Bonchev–Trinajstić information content (AvgIpc) is 0.771. The van der Waals surface area contributed by atoms with Gasteiger partial charge < -0.3 is 150 Å². The third kappa shape index (κ3) is 21.1. The van der Waals surface area contributed by atoms with Crippen molar-refractivity contribution in [2.24, 2.45) is 5.92 Å². The summed E-state index contributed by atoms with van der Waals surface area (Å²) in [4.78, 5) is 65.2. The molecule has 0 spiro atoms. The summed E-state index contributed by atoms with van der Waals surface area (Å²) < 4.78 is 72.5. The molecule has 5 aliphatic heterocycles. The highest BCUT2D eigenvalue weighted by Crippen LogP contribution is 2.38. The Labute approximate surface area is 573 Å². The molecule has 18 N–H and O–H groups in total. The maximum absolute atomic E-state index is 14.0. The van der Waals surface area contributed by atoms with Gasteiger partial charge in [-0.25, -0.2) is 0 Å². The van der Waals surface area contributed by atoms with Gasteiger partial charge in [-0.05, 0) is 38.0 Å². The summed E-state index contributed by atoms with van der Waals surface area (Å²) in [7, 11) is 1.21. The lowest BCUT2D eigenvalue weighted by Crippen LogP contribution is -2.72. The smallest absolute Gasteiger partial charge is 0.251 e. The van der Waals surface area contributed by atoms with Crippen molar-refractivity contribution in [3.05, 3.63) is 29.8 Å². The lowest BCUT2D eigenvalue weighted by molar-refractivity contribution is -0.365. The molecule has 566 valence electrons. The van der Waals surface area contributed by atoms with Crippen LogP contribution in [0.3, 0.4) is 0 Å². The Bertz CT molecular complexity index is 2680. The number of hydrogen-bond acceptors (Lipinski definition) is 30. The van der Waals surface area contributed by atoms with E-state index in [0.717, 1.165) is 53.4 Å². The van der Waals surface area contributed by atoms with Crippen molar-refractivity contribution in [1.82, 2.24) is 26.6 Å². The summed E-state index contributed by atoms with van der Waals surface area (Å²) in [5, 5.41) is 159. The number of hydrogen-bond donors (Lipinski definition) is 18. The third-order valence-corrected chi connectivity index (χ3v) is 18.7. The fourth-order valence-electron chi connectivity index (χ4n) is 13.5. The summed E-state index contributed by atoms with van der Waals surface area (Å²) in [6.45, 7) is 3.99. The van der Waals surface area contributed by atoms with Gasteiger partial charge >= 0.3 is 0 Å². The summed E-state index contributed by atoms with van der Waals surface area (Å²) in [5.74, 6) is -4.50. The predicted molar refractivity (Wildman–Crippen MR) is 337 cm³/mol. The Morgan fingerprint density at radius 1 is 0.475 bits per heavy atom. The summed E-state index contributed by atoms with van der Waals surface area (Å²) in [6.07, 6.45) is -30.7. The zero-order chi connectivity index (χ0) is 72.5. The van der Waals surface area contributed by atoms with Gasteiger partial charge in [-0.2, -0.15) is 0 Å². The minimum Gasteiger partial charge on any atom is -0.494 e. The lowest BCUT2D eigenvalue weighted by Gasteiger charge is -2.51. The Morgan fingerprint density at radius 3 is 1.39 bits per heavy atom. The van der Waals surface area contributed by atoms with E-state index in [1.165, 1.54) is 58.3 Å². The summed E-state index contributed by atoms with van der Waals surface area (Å²) in [5.41, 5.74) is 0.118. The number of amides is 5. The molecule has 5 amide bonds. The van der Waals surface area contributed by atoms with Crippen LogP contribution in [0.5, 0.6) is 5.75 Å². The van der Waals surface area contributed by atoms with E-state index in [0.29, 0.717) is 12.4 Å². The van der Waals surface area contributed by atoms with Crippen LogP contribution >= 0.6 is 0 Å². The largest absolute Gasteiger partial charge is 0.494 e. The molecular weight excluding hydrogens is 1320 g/mol. The molecule has 15 unspecified atom stereocenters. The predicted octanol–water partition coefficient (Wildman–Crippen LogP) is -5.83.